The summed E-state index contributed by atoms with van der Waals surface area (Å²) in [6.07, 6.45) is 3.71. The highest BCUT2D eigenvalue weighted by Crippen LogP contribution is 2.28. The fraction of sp³-hybridized carbons (Fsp3) is 0.417. The Bertz CT molecular complexity index is 478. The quantitative estimate of drug-likeness (QED) is 0.887. The van der Waals surface area contributed by atoms with Crippen LogP contribution in [0.5, 0.6) is 5.75 Å². The number of hydrogen-bond acceptors (Lipinski definition) is 4. The van der Waals surface area contributed by atoms with Crippen molar-refractivity contribution in [3.8, 4) is 5.75 Å². The van der Waals surface area contributed by atoms with Crippen LogP contribution >= 0.6 is 11.3 Å². The molecule has 0 spiro atoms. The van der Waals surface area contributed by atoms with E-state index in [9.17, 15) is 5.11 Å². The van der Waals surface area contributed by atoms with E-state index in [1.54, 1.807) is 13.3 Å². The number of rotatable bonds is 5. The Morgan fingerprint density at radius 3 is 3.06 bits per heavy atom. The van der Waals surface area contributed by atoms with Gasteiger partial charge < -0.3 is 14.4 Å². The van der Waals surface area contributed by atoms with E-state index < -0.39 is 6.10 Å². The monoisotopic (exact) mass is 252 g/mol. The van der Waals surface area contributed by atoms with Crippen molar-refractivity contribution in [1.29, 1.82) is 0 Å². The minimum atomic E-state index is -0.517. The predicted molar refractivity (Wildman–Crippen MR) is 67.4 cm³/mol. The molecule has 0 radical (unpaired) electrons. The van der Waals surface area contributed by atoms with Crippen molar-refractivity contribution in [3.63, 3.8) is 0 Å². The highest BCUT2D eigenvalue weighted by Gasteiger charge is 2.14. The molecule has 0 aromatic carbocycles. The third-order valence-corrected chi connectivity index (χ3v) is 3.69. The van der Waals surface area contributed by atoms with Crippen LogP contribution in [0.25, 0.3) is 0 Å². The highest BCUT2D eigenvalue weighted by atomic mass is 32.1. The minimum absolute atomic E-state index is 0.517. The maximum absolute atomic E-state index is 10.1. The first-order chi connectivity index (χ1) is 8.24. The van der Waals surface area contributed by atoms with Crippen molar-refractivity contribution in [2.45, 2.75) is 26.0 Å². The van der Waals surface area contributed by atoms with Crippen molar-refractivity contribution in [2.24, 2.45) is 0 Å². The number of aryl methyl sites for hydroxylation is 1. The van der Waals surface area contributed by atoms with E-state index >= 15 is 0 Å². The maximum atomic E-state index is 10.1. The number of thiophene rings is 1. The van der Waals surface area contributed by atoms with Crippen LogP contribution < -0.4 is 4.74 Å². The summed E-state index contributed by atoms with van der Waals surface area (Å²) >= 11 is 1.51. The zero-order valence-electron chi connectivity index (χ0n) is 9.96. The Kier molecular flexibility index (Phi) is 3.81. The molecular weight excluding hydrogens is 236 g/mol. The van der Waals surface area contributed by atoms with Gasteiger partial charge in [0.1, 0.15) is 11.6 Å². The molecule has 1 N–H and O–H groups in total. The van der Waals surface area contributed by atoms with E-state index in [1.165, 1.54) is 11.3 Å². The van der Waals surface area contributed by atoms with Gasteiger partial charge in [0, 0.05) is 35.6 Å². The molecule has 1 unspecified atom stereocenters. The second-order valence-electron chi connectivity index (χ2n) is 3.74. The van der Waals surface area contributed by atoms with Crippen molar-refractivity contribution in [2.75, 3.05) is 7.11 Å². The highest BCUT2D eigenvalue weighted by molar-refractivity contribution is 7.10. The Morgan fingerprint density at radius 1 is 1.59 bits per heavy atom. The zero-order valence-corrected chi connectivity index (χ0v) is 10.8. The zero-order chi connectivity index (χ0) is 12.3. The van der Waals surface area contributed by atoms with Gasteiger partial charge in [-0.15, -0.1) is 11.3 Å². The van der Waals surface area contributed by atoms with Gasteiger partial charge >= 0.3 is 0 Å². The molecule has 2 aromatic heterocycles. The molecule has 2 heterocycles. The standard InChI is InChI=1S/C12H16N2O2S/c1-3-14-5-4-13-12(14)7-10(15)11-6-9(16-2)8-17-11/h4-6,8,10,15H,3,7H2,1-2H3. The average Bonchev–Trinajstić information content (AvgIpc) is 2.96. The molecule has 5 heteroatoms. The lowest BCUT2D eigenvalue weighted by atomic mass is 10.2. The first kappa shape index (κ1) is 12.1. The van der Waals surface area contributed by atoms with E-state index in [0.717, 1.165) is 23.0 Å². The number of methoxy groups -OCH3 is 1. The first-order valence-electron chi connectivity index (χ1n) is 5.55. The van der Waals surface area contributed by atoms with Crippen LogP contribution in [0.3, 0.4) is 0 Å². The molecule has 0 saturated carbocycles. The molecule has 4 nitrogen and oxygen atoms in total. The SMILES string of the molecule is CCn1ccnc1CC(O)c1cc(OC)cs1. The lowest BCUT2D eigenvalue weighted by Crippen LogP contribution is -2.07. The van der Waals surface area contributed by atoms with E-state index in [4.69, 9.17) is 4.74 Å². The number of aliphatic hydroxyl groups is 1. The average molecular weight is 252 g/mol. The van der Waals surface area contributed by atoms with Crippen LogP contribution in [0, 0.1) is 0 Å². The van der Waals surface area contributed by atoms with E-state index in [1.807, 2.05) is 22.2 Å². The Labute approximate surface area is 105 Å². The third-order valence-electron chi connectivity index (χ3n) is 2.68. The lowest BCUT2D eigenvalue weighted by Gasteiger charge is -2.09. The second-order valence-corrected chi connectivity index (χ2v) is 4.68. The Balaban J connectivity index is 2.08. The topological polar surface area (TPSA) is 47.3 Å². The van der Waals surface area contributed by atoms with Gasteiger partial charge in [-0.2, -0.15) is 0 Å². The Hall–Kier alpha value is -1.33. The molecule has 0 aliphatic heterocycles. The molecular formula is C12H16N2O2S. The molecule has 1 atom stereocenters. The van der Waals surface area contributed by atoms with Crippen molar-refractivity contribution >= 4 is 11.3 Å². The number of ether oxygens (including phenoxy) is 1. The summed E-state index contributed by atoms with van der Waals surface area (Å²) in [7, 11) is 1.63. The molecule has 2 aromatic rings. The normalized spacial score (nSPS) is 12.6. The molecule has 0 aliphatic rings. The van der Waals surface area contributed by atoms with Crippen LogP contribution in [0.4, 0.5) is 0 Å². The van der Waals surface area contributed by atoms with Crippen molar-refractivity contribution < 1.29 is 9.84 Å². The van der Waals surface area contributed by atoms with E-state index in [-0.39, 0.29) is 0 Å². The number of nitrogens with zero attached hydrogens (tertiary/aromatic N) is 2. The third kappa shape index (κ3) is 2.68. The summed E-state index contributed by atoms with van der Waals surface area (Å²) in [5.41, 5.74) is 0. The van der Waals surface area contributed by atoms with Crippen LogP contribution in [-0.2, 0) is 13.0 Å². The van der Waals surface area contributed by atoms with Crippen LogP contribution in [-0.4, -0.2) is 21.8 Å². The summed E-state index contributed by atoms with van der Waals surface area (Å²) in [5.74, 6) is 1.70. The molecule has 0 amide bonds. The van der Waals surface area contributed by atoms with Gasteiger partial charge in [0.25, 0.3) is 0 Å². The van der Waals surface area contributed by atoms with Gasteiger partial charge in [-0.05, 0) is 13.0 Å². The molecule has 0 aliphatic carbocycles. The number of hydrogen-bond donors (Lipinski definition) is 1. The van der Waals surface area contributed by atoms with E-state index in [2.05, 4.69) is 11.9 Å². The maximum Gasteiger partial charge on any atom is 0.129 e. The number of aliphatic hydroxyl groups excluding tert-OH is 1. The summed E-state index contributed by atoms with van der Waals surface area (Å²) in [6, 6.07) is 1.87. The largest absolute Gasteiger partial charge is 0.496 e. The molecule has 0 saturated heterocycles. The van der Waals surface area contributed by atoms with Crippen LogP contribution in [0.15, 0.2) is 23.8 Å². The smallest absolute Gasteiger partial charge is 0.129 e. The molecule has 2 rings (SSSR count). The predicted octanol–water partition coefficient (Wildman–Crippen LogP) is 2.25. The van der Waals surface area contributed by atoms with Gasteiger partial charge in [0.15, 0.2) is 0 Å². The van der Waals surface area contributed by atoms with Gasteiger partial charge in [-0.25, -0.2) is 4.98 Å². The fourth-order valence-electron chi connectivity index (χ4n) is 1.71. The molecule has 17 heavy (non-hydrogen) atoms. The van der Waals surface area contributed by atoms with Gasteiger partial charge in [-0.1, -0.05) is 0 Å². The second kappa shape index (κ2) is 5.33. The van der Waals surface area contributed by atoms with Crippen LogP contribution in [0.1, 0.15) is 23.7 Å². The first-order valence-corrected chi connectivity index (χ1v) is 6.43. The van der Waals surface area contributed by atoms with Gasteiger partial charge in [-0.3, -0.25) is 0 Å². The summed E-state index contributed by atoms with van der Waals surface area (Å²) in [4.78, 5) is 5.17. The number of aromatic nitrogens is 2. The van der Waals surface area contributed by atoms with Crippen molar-refractivity contribution in [1.82, 2.24) is 9.55 Å². The minimum Gasteiger partial charge on any atom is -0.496 e. The van der Waals surface area contributed by atoms with Crippen LogP contribution in [0.2, 0.25) is 0 Å². The summed E-state index contributed by atoms with van der Waals surface area (Å²) in [5, 5.41) is 12.0. The van der Waals surface area contributed by atoms with E-state index in [0.29, 0.717) is 6.42 Å². The summed E-state index contributed by atoms with van der Waals surface area (Å²) < 4.78 is 7.14. The molecule has 0 fully saturated rings. The molecule has 0 bridgehead atoms. The van der Waals surface area contributed by atoms with Crippen molar-refractivity contribution in [3.05, 3.63) is 34.5 Å². The Morgan fingerprint density at radius 2 is 2.41 bits per heavy atom. The summed E-state index contributed by atoms with van der Waals surface area (Å²) in [6.45, 7) is 2.93. The number of imidazole rings is 1. The fourth-order valence-corrected chi connectivity index (χ4v) is 2.55. The van der Waals surface area contributed by atoms with Gasteiger partial charge in [0.2, 0.25) is 0 Å². The molecule has 92 valence electrons. The van der Waals surface area contributed by atoms with Gasteiger partial charge in [0.05, 0.1) is 13.2 Å². The lowest BCUT2D eigenvalue weighted by molar-refractivity contribution is 0.178.